The van der Waals surface area contributed by atoms with Crippen LogP contribution in [0.4, 0.5) is 0 Å². The van der Waals surface area contributed by atoms with Crippen LogP contribution in [0.5, 0.6) is 0 Å². The van der Waals surface area contributed by atoms with Gasteiger partial charge in [-0.05, 0) is 54.0 Å². The van der Waals surface area contributed by atoms with Crippen LogP contribution in [0.2, 0.25) is 0 Å². The van der Waals surface area contributed by atoms with Crippen LogP contribution < -0.4 is 0 Å². The summed E-state index contributed by atoms with van der Waals surface area (Å²) in [6, 6.07) is 8.62. The van der Waals surface area contributed by atoms with Crippen molar-refractivity contribution in [1.29, 1.82) is 0 Å². The molecule has 2 rings (SSSR count). The Bertz CT molecular complexity index is 600. The van der Waals surface area contributed by atoms with Crippen molar-refractivity contribution in [2.24, 2.45) is 10.9 Å². The quantitative estimate of drug-likeness (QED) is 0.668. The Kier molecular flexibility index (Phi) is 4.73. The normalized spacial score (nSPS) is 27.8. The summed E-state index contributed by atoms with van der Waals surface area (Å²) in [6.45, 7) is 6.64. The monoisotopic (exact) mass is 265 g/mol. The van der Waals surface area contributed by atoms with E-state index in [1.807, 2.05) is 13.3 Å². The summed E-state index contributed by atoms with van der Waals surface area (Å²) >= 11 is 0. The van der Waals surface area contributed by atoms with E-state index in [1.165, 1.54) is 27.8 Å². The number of aliphatic imine (C=N–C) groups is 1. The number of hydrogen-bond acceptors (Lipinski definition) is 1. The molecule has 0 spiro atoms. The summed E-state index contributed by atoms with van der Waals surface area (Å²) in [5.41, 5.74) is 6.62. The van der Waals surface area contributed by atoms with E-state index in [1.54, 1.807) is 0 Å². The second-order valence-electron chi connectivity index (χ2n) is 5.47. The maximum atomic E-state index is 4.15. The fraction of sp³-hybridized carbons (Fsp3) is 0.316. The predicted molar refractivity (Wildman–Crippen MR) is 89.2 cm³/mol. The van der Waals surface area contributed by atoms with Gasteiger partial charge in [0.2, 0.25) is 0 Å². The summed E-state index contributed by atoms with van der Waals surface area (Å²) in [6.07, 6.45) is 9.79. The Balaban J connectivity index is 2.50. The fourth-order valence-corrected chi connectivity index (χ4v) is 2.61. The molecule has 0 aliphatic heterocycles. The molecular weight excluding hydrogens is 242 g/mol. The first kappa shape index (κ1) is 14.5. The van der Waals surface area contributed by atoms with Gasteiger partial charge in [-0.2, -0.15) is 0 Å². The molecule has 0 bridgehead atoms. The molecular formula is C19H23N. The van der Waals surface area contributed by atoms with Crippen molar-refractivity contribution < 1.29 is 0 Å². The van der Waals surface area contributed by atoms with E-state index >= 15 is 0 Å². The molecule has 104 valence electrons. The minimum atomic E-state index is 0.530. The van der Waals surface area contributed by atoms with Crippen molar-refractivity contribution >= 4 is 11.8 Å². The van der Waals surface area contributed by atoms with E-state index in [0.717, 1.165) is 6.42 Å². The lowest BCUT2D eigenvalue weighted by molar-refractivity contribution is 0.760. The molecule has 0 saturated carbocycles. The standard InChI is InChI=1S/C19H23N/c1-14-9-10-16(3)19(12-11-17(14)13-20-4)18-8-6-5-7-15(18)2/h5-9,11-13,16H,10H2,1-4H3/b14-9+,17-11-,19-12+,20-13?. The third-order valence-electron chi connectivity index (χ3n) is 3.93. The molecule has 0 heterocycles. The first-order valence-electron chi connectivity index (χ1n) is 7.20. The maximum Gasteiger partial charge on any atom is 0.0283 e. The zero-order valence-corrected chi connectivity index (χ0v) is 12.9. The highest BCUT2D eigenvalue weighted by molar-refractivity contribution is 5.86. The molecule has 1 unspecified atom stereocenters. The van der Waals surface area contributed by atoms with Crippen LogP contribution in [0.3, 0.4) is 0 Å². The summed E-state index contributed by atoms with van der Waals surface area (Å²) in [4.78, 5) is 4.15. The average Bonchev–Trinajstić information content (AvgIpc) is 2.44. The molecule has 0 N–H and O–H groups in total. The van der Waals surface area contributed by atoms with Gasteiger partial charge in [0.05, 0.1) is 0 Å². The largest absolute Gasteiger partial charge is 0.296 e. The third kappa shape index (κ3) is 3.16. The smallest absolute Gasteiger partial charge is 0.0283 e. The van der Waals surface area contributed by atoms with E-state index in [-0.39, 0.29) is 0 Å². The lowest BCUT2D eigenvalue weighted by Gasteiger charge is -2.19. The van der Waals surface area contributed by atoms with Crippen LogP contribution >= 0.6 is 0 Å². The minimum Gasteiger partial charge on any atom is -0.296 e. The topological polar surface area (TPSA) is 12.4 Å². The number of nitrogens with zero attached hydrogens (tertiary/aromatic N) is 1. The number of benzene rings is 1. The molecule has 0 fully saturated rings. The summed E-state index contributed by atoms with van der Waals surface area (Å²) < 4.78 is 0. The second-order valence-corrected chi connectivity index (χ2v) is 5.47. The summed E-state index contributed by atoms with van der Waals surface area (Å²) in [5, 5.41) is 0. The van der Waals surface area contributed by atoms with E-state index in [9.17, 15) is 0 Å². The van der Waals surface area contributed by atoms with E-state index in [4.69, 9.17) is 0 Å². The number of allylic oxidation sites excluding steroid dienone is 6. The van der Waals surface area contributed by atoms with Gasteiger partial charge in [-0.3, -0.25) is 4.99 Å². The molecule has 1 aliphatic carbocycles. The van der Waals surface area contributed by atoms with Gasteiger partial charge in [-0.15, -0.1) is 0 Å². The van der Waals surface area contributed by atoms with Crippen LogP contribution in [0.15, 0.2) is 58.6 Å². The molecule has 1 heteroatoms. The summed E-state index contributed by atoms with van der Waals surface area (Å²) in [5.74, 6) is 0.530. The van der Waals surface area contributed by atoms with Crippen LogP contribution in [0.1, 0.15) is 31.4 Å². The summed E-state index contributed by atoms with van der Waals surface area (Å²) in [7, 11) is 1.82. The molecule has 0 aromatic heterocycles. The number of rotatable bonds is 2. The van der Waals surface area contributed by atoms with Gasteiger partial charge in [-0.25, -0.2) is 0 Å². The second kappa shape index (κ2) is 6.51. The first-order chi connectivity index (χ1) is 9.63. The molecule has 1 aromatic carbocycles. The molecule has 1 atom stereocenters. The minimum absolute atomic E-state index is 0.530. The number of aryl methyl sites for hydroxylation is 1. The van der Waals surface area contributed by atoms with Gasteiger partial charge in [-0.1, -0.05) is 49.4 Å². The van der Waals surface area contributed by atoms with Gasteiger partial charge in [0, 0.05) is 13.3 Å². The van der Waals surface area contributed by atoms with E-state index in [2.05, 4.69) is 68.3 Å². The Labute approximate surface area is 122 Å². The number of hydrogen-bond donors (Lipinski definition) is 0. The molecule has 1 nitrogen and oxygen atoms in total. The fourth-order valence-electron chi connectivity index (χ4n) is 2.61. The highest BCUT2D eigenvalue weighted by Gasteiger charge is 2.13. The van der Waals surface area contributed by atoms with Crippen LogP contribution in [-0.4, -0.2) is 13.3 Å². The third-order valence-corrected chi connectivity index (χ3v) is 3.93. The lowest BCUT2D eigenvalue weighted by atomic mass is 9.86. The van der Waals surface area contributed by atoms with Crippen molar-refractivity contribution in [2.75, 3.05) is 7.05 Å². The average molecular weight is 265 g/mol. The zero-order valence-electron chi connectivity index (χ0n) is 12.9. The van der Waals surface area contributed by atoms with Crippen molar-refractivity contribution in [3.05, 3.63) is 64.8 Å². The van der Waals surface area contributed by atoms with Crippen LogP contribution in [0.25, 0.3) is 5.57 Å². The highest BCUT2D eigenvalue weighted by Crippen LogP contribution is 2.31. The van der Waals surface area contributed by atoms with Gasteiger partial charge in [0.25, 0.3) is 0 Å². The Morgan fingerprint density at radius 3 is 2.60 bits per heavy atom. The van der Waals surface area contributed by atoms with Gasteiger partial charge in [0.1, 0.15) is 0 Å². The predicted octanol–water partition coefficient (Wildman–Crippen LogP) is 4.99. The van der Waals surface area contributed by atoms with Crippen LogP contribution in [-0.2, 0) is 0 Å². The zero-order chi connectivity index (χ0) is 14.5. The maximum absolute atomic E-state index is 4.15. The van der Waals surface area contributed by atoms with Crippen molar-refractivity contribution in [2.45, 2.75) is 27.2 Å². The molecule has 0 amide bonds. The van der Waals surface area contributed by atoms with E-state index < -0.39 is 0 Å². The van der Waals surface area contributed by atoms with Crippen molar-refractivity contribution in [3.8, 4) is 0 Å². The molecule has 0 radical (unpaired) electrons. The Morgan fingerprint density at radius 1 is 1.15 bits per heavy atom. The Hall–Kier alpha value is -1.89. The van der Waals surface area contributed by atoms with Gasteiger partial charge < -0.3 is 0 Å². The highest BCUT2D eigenvalue weighted by atomic mass is 14.6. The lowest BCUT2D eigenvalue weighted by Crippen LogP contribution is -2.02. The first-order valence-corrected chi connectivity index (χ1v) is 7.20. The van der Waals surface area contributed by atoms with Gasteiger partial charge in [0.15, 0.2) is 0 Å². The van der Waals surface area contributed by atoms with E-state index in [0.29, 0.717) is 5.92 Å². The van der Waals surface area contributed by atoms with Crippen molar-refractivity contribution in [3.63, 3.8) is 0 Å². The molecule has 20 heavy (non-hydrogen) atoms. The molecule has 1 aromatic rings. The Morgan fingerprint density at radius 2 is 1.90 bits per heavy atom. The van der Waals surface area contributed by atoms with Crippen LogP contribution in [0, 0.1) is 12.8 Å². The van der Waals surface area contributed by atoms with Crippen molar-refractivity contribution in [1.82, 2.24) is 0 Å². The SMILES string of the molecule is CN=CC1=C/C=C(/c2ccccc2C)C(C)C\C=C\1C. The molecule has 0 saturated heterocycles. The molecule has 1 aliphatic rings. The van der Waals surface area contributed by atoms with Gasteiger partial charge >= 0.3 is 0 Å².